The first-order valence-corrected chi connectivity index (χ1v) is 5.66. The van der Waals surface area contributed by atoms with Gasteiger partial charge in [0.2, 0.25) is 0 Å². The van der Waals surface area contributed by atoms with Gasteiger partial charge in [-0.1, -0.05) is 0 Å². The second kappa shape index (κ2) is 4.42. The van der Waals surface area contributed by atoms with Crippen LogP contribution in [0, 0.1) is 6.92 Å². The molecule has 0 saturated carbocycles. The average molecular weight is 266 g/mol. The van der Waals surface area contributed by atoms with Crippen molar-refractivity contribution in [3.63, 3.8) is 0 Å². The van der Waals surface area contributed by atoms with Crippen LogP contribution in [-0.2, 0) is 19.9 Å². The van der Waals surface area contributed by atoms with Crippen LogP contribution in [0.1, 0.15) is 18.4 Å². The Balaban J connectivity index is 2.28. The predicted molar refractivity (Wildman–Crippen MR) is 63.1 cm³/mol. The van der Waals surface area contributed by atoms with Gasteiger partial charge in [-0.05, 0) is 26.0 Å². The van der Waals surface area contributed by atoms with E-state index in [2.05, 4.69) is 10.1 Å². The van der Waals surface area contributed by atoms with Gasteiger partial charge in [0.1, 0.15) is 18.1 Å². The number of nitrogens with one attached hydrogen (secondary N) is 1. The van der Waals surface area contributed by atoms with E-state index >= 15 is 0 Å². The molecule has 102 valence electrons. The Kier molecular flexibility index (Phi) is 3.05. The fourth-order valence-corrected chi connectivity index (χ4v) is 1.90. The molecule has 1 aliphatic rings. The molecule has 1 fully saturated rings. The summed E-state index contributed by atoms with van der Waals surface area (Å²) in [6.45, 7) is 2.85. The third-order valence-electron chi connectivity index (χ3n) is 3.02. The minimum atomic E-state index is -1.29. The van der Waals surface area contributed by atoms with Crippen LogP contribution in [0.3, 0.4) is 0 Å². The van der Waals surface area contributed by atoms with E-state index in [1.165, 1.54) is 14.0 Å². The van der Waals surface area contributed by atoms with E-state index in [4.69, 9.17) is 4.42 Å². The number of aryl methyl sites for hydroxylation is 1. The zero-order valence-electron chi connectivity index (χ0n) is 10.9. The summed E-state index contributed by atoms with van der Waals surface area (Å²) in [7, 11) is 1.19. The Morgan fingerprint density at radius 2 is 2.16 bits per heavy atom. The summed E-state index contributed by atoms with van der Waals surface area (Å²) in [4.78, 5) is 36.1. The lowest BCUT2D eigenvalue weighted by Gasteiger charge is -2.18. The highest BCUT2D eigenvalue weighted by Crippen LogP contribution is 2.29. The molecular formula is C12H14N2O5. The molecule has 19 heavy (non-hydrogen) atoms. The fourth-order valence-electron chi connectivity index (χ4n) is 1.90. The largest absolute Gasteiger partial charge is 0.468 e. The second-order valence-electron chi connectivity index (χ2n) is 4.43. The Morgan fingerprint density at radius 1 is 1.47 bits per heavy atom. The van der Waals surface area contributed by atoms with Crippen molar-refractivity contribution < 1.29 is 23.5 Å². The first kappa shape index (κ1) is 13.1. The van der Waals surface area contributed by atoms with Crippen LogP contribution >= 0.6 is 0 Å². The molecule has 1 saturated heterocycles. The molecule has 0 aromatic carbocycles. The van der Waals surface area contributed by atoms with E-state index in [0.717, 1.165) is 4.90 Å². The monoisotopic (exact) mass is 266 g/mol. The number of rotatable bonds is 3. The van der Waals surface area contributed by atoms with E-state index < -0.39 is 30.0 Å². The molecule has 7 nitrogen and oxygen atoms in total. The molecule has 2 rings (SSSR count). The summed E-state index contributed by atoms with van der Waals surface area (Å²) in [6.07, 6.45) is 0. The van der Waals surface area contributed by atoms with Crippen LogP contribution in [0.2, 0.25) is 0 Å². The van der Waals surface area contributed by atoms with E-state index in [9.17, 15) is 14.4 Å². The number of amides is 3. The normalized spacial score (nSPS) is 22.6. The highest BCUT2D eigenvalue weighted by atomic mass is 16.5. The second-order valence-corrected chi connectivity index (χ2v) is 4.43. The van der Waals surface area contributed by atoms with Gasteiger partial charge in [-0.25, -0.2) is 4.79 Å². The Labute approximate surface area is 109 Å². The Morgan fingerprint density at radius 3 is 2.68 bits per heavy atom. The molecule has 1 aliphatic heterocycles. The summed E-state index contributed by atoms with van der Waals surface area (Å²) in [5, 5.41) is 2.53. The van der Waals surface area contributed by atoms with Crippen molar-refractivity contribution in [1.82, 2.24) is 10.2 Å². The lowest BCUT2D eigenvalue weighted by molar-refractivity contribution is -0.145. The smallest absolute Gasteiger partial charge is 0.325 e. The molecule has 0 aliphatic carbocycles. The first-order valence-electron chi connectivity index (χ1n) is 5.66. The van der Waals surface area contributed by atoms with Gasteiger partial charge in [0.25, 0.3) is 5.91 Å². The standard InChI is InChI=1S/C12H14N2O5/c1-7-4-5-8(19-7)12(2)10(16)14(11(17)13-12)6-9(15)18-3/h4-5H,6H2,1-3H3,(H,13,17). The summed E-state index contributed by atoms with van der Waals surface area (Å²) < 4.78 is 9.84. The van der Waals surface area contributed by atoms with E-state index in [-0.39, 0.29) is 0 Å². The summed E-state index contributed by atoms with van der Waals surface area (Å²) in [5.74, 6) is -0.249. The third-order valence-corrected chi connectivity index (χ3v) is 3.02. The molecule has 7 heteroatoms. The summed E-state index contributed by atoms with van der Waals surface area (Å²) >= 11 is 0. The number of esters is 1. The van der Waals surface area contributed by atoms with Crippen LogP contribution in [-0.4, -0.2) is 36.5 Å². The van der Waals surface area contributed by atoms with Crippen LogP contribution in [0.5, 0.6) is 0 Å². The zero-order valence-corrected chi connectivity index (χ0v) is 10.9. The quantitative estimate of drug-likeness (QED) is 0.636. The topological polar surface area (TPSA) is 88.8 Å². The average Bonchev–Trinajstić information content (AvgIpc) is 2.88. The highest BCUT2D eigenvalue weighted by molar-refractivity contribution is 6.08. The van der Waals surface area contributed by atoms with Crippen LogP contribution in [0.25, 0.3) is 0 Å². The van der Waals surface area contributed by atoms with Crippen LogP contribution < -0.4 is 5.32 Å². The molecule has 2 heterocycles. The van der Waals surface area contributed by atoms with Gasteiger partial charge in [0.05, 0.1) is 7.11 Å². The number of methoxy groups -OCH3 is 1. The van der Waals surface area contributed by atoms with Gasteiger partial charge in [-0.15, -0.1) is 0 Å². The van der Waals surface area contributed by atoms with E-state index in [1.807, 2.05) is 0 Å². The van der Waals surface area contributed by atoms with Crippen LogP contribution in [0.4, 0.5) is 4.79 Å². The molecule has 3 amide bonds. The minimum absolute atomic E-state index is 0.329. The predicted octanol–water partition coefficient (Wildman–Crippen LogP) is 0.528. The van der Waals surface area contributed by atoms with E-state index in [0.29, 0.717) is 11.5 Å². The van der Waals surface area contributed by atoms with Crippen molar-refractivity contribution >= 4 is 17.9 Å². The lowest BCUT2D eigenvalue weighted by atomic mass is 9.99. The van der Waals surface area contributed by atoms with E-state index in [1.54, 1.807) is 19.1 Å². The zero-order chi connectivity index (χ0) is 14.2. The number of hydrogen-bond acceptors (Lipinski definition) is 5. The number of carbonyl (C=O) groups excluding carboxylic acids is 3. The maximum absolute atomic E-state index is 12.3. The molecular weight excluding hydrogens is 252 g/mol. The number of furan rings is 1. The first-order chi connectivity index (χ1) is 8.88. The van der Waals surface area contributed by atoms with Crippen LogP contribution in [0.15, 0.2) is 16.5 Å². The van der Waals surface area contributed by atoms with Gasteiger partial charge in [0.15, 0.2) is 5.54 Å². The molecule has 0 radical (unpaired) electrons. The maximum atomic E-state index is 12.3. The lowest BCUT2D eigenvalue weighted by Crippen LogP contribution is -2.41. The van der Waals surface area contributed by atoms with Gasteiger partial charge in [-0.2, -0.15) is 0 Å². The molecule has 1 N–H and O–H groups in total. The van der Waals surface area contributed by atoms with Crippen molar-refractivity contribution in [3.05, 3.63) is 23.7 Å². The Hall–Kier alpha value is -2.31. The minimum Gasteiger partial charge on any atom is -0.468 e. The number of ether oxygens (including phenoxy) is 1. The van der Waals surface area contributed by atoms with Crippen molar-refractivity contribution in [2.24, 2.45) is 0 Å². The molecule has 0 spiro atoms. The van der Waals surface area contributed by atoms with Gasteiger partial charge in [-0.3, -0.25) is 14.5 Å². The van der Waals surface area contributed by atoms with Crippen molar-refractivity contribution in [2.45, 2.75) is 19.4 Å². The molecule has 1 unspecified atom stereocenters. The fraction of sp³-hybridized carbons (Fsp3) is 0.417. The van der Waals surface area contributed by atoms with Gasteiger partial charge < -0.3 is 14.5 Å². The Bertz CT molecular complexity index is 550. The van der Waals surface area contributed by atoms with Gasteiger partial charge >= 0.3 is 12.0 Å². The highest BCUT2D eigenvalue weighted by Gasteiger charge is 2.51. The number of imide groups is 1. The summed E-state index contributed by atoms with van der Waals surface area (Å²) in [6, 6.07) is 2.67. The van der Waals surface area contributed by atoms with Gasteiger partial charge in [0, 0.05) is 0 Å². The molecule has 0 bridgehead atoms. The van der Waals surface area contributed by atoms with Crippen molar-refractivity contribution in [1.29, 1.82) is 0 Å². The molecule has 1 aromatic rings. The molecule has 1 aromatic heterocycles. The van der Waals surface area contributed by atoms with Crippen molar-refractivity contribution in [3.8, 4) is 0 Å². The maximum Gasteiger partial charge on any atom is 0.325 e. The number of urea groups is 1. The number of nitrogens with zero attached hydrogens (tertiary/aromatic N) is 1. The third kappa shape index (κ3) is 2.07. The summed E-state index contributed by atoms with van der Waals surface area (Å²) in [5.41, 5.74) is -1.29. The number of hydrogen-bond donors (Lipinski definition) is 1. The SMILES string of the molecule is COC(=O)CN1C(=O)NC(C)(c2ccc(C)o2)C1=O. The van der Waals surface area contributed by atoms with Crippen molar-refractivity contribution in [2.75, 3.05) is 13.7 Å². The number of carbonyl (C=O) groups is 3. The molecule has 1 atom stereocenters.